The summed E-state index contributed by atoms with van der Waals surface area (Å²) in [6.07, 6.45) is 1.14. The lowest BCUT2D eigenvalue weighted by Gasteiger charge is -2.29. The van der Waals surface area contributed by atoms with Gasteiger partial charge in [-0.15, -0.1) is 0 Å². The van der Waals surface area contributed by atoms with Crippen molar-refractivity contribution in [3.8, 4) is 0 Å². The van der Waals surface area contributed by atoms with Gasteiger partial charge in [0, 0.05) is 31.8 Å². The summed E-state index contributed by atoms with van der Waals surface area (Å²) in [6.45, 7) is 2.25. The Kier molecular flexibility index (Phi) is 3.79. The predicted molar refractivity (Wildman–Crippen MR) is 76.5 cm³/mol. The largest absolute Gasteiger partial charge is 0.480 e. The number of carbonyl (C=O) groups excluding carboxylic acids is 1. The van der Waals surface area contributed by atoms with Gasteiger partial charge in [0.25, 0.3) is 0 Å². The van der Waals surface area contributed by atoms with Gasteiger partial charge in [-0.3, -0.25) is 4.90 Å². The lowest BCUT2D eigenvalue weighted by molar-refractivity contribution is -0.138. The fourth-order valence-corrected chi connectivity index (χ4v) is 2.91. The minimum atomic E-state index is -0.967. The summed E-state index contributed by atoms with van der Waals surface area (Å²) in [7, 11) is 0. The maximum atomic E-state index is 12.8. The third kappa shape index (κ3) is 2.58. The summed E-state index contributed by atoms with van der Waals surface area (Å²) in [4.78, 5) is 27.4. The van der Waals surface area contributed by atoms with E-state index in [-0.39, 0.29) is 6.03 Å². The van der Waals surface area contributed by atoms with Crippen LogP contribution in [0.25, 0.3) is 0 Å². The number of amides is 2. The Morgan fingerprint density at radius 1 is 1.19 bits per heavy atom. The van der Waals surface area contributed by atoms with Crippen LogP contribution in [-0.4, -0.2) is 54.4 Å². The molecule has 0 aliphatic carbocycles. The van der Waals surface area contributed by atoms with Crippen molar-refractivity contribution >= 4 is 17.7 Å². The zero-order valence-corrected chi connectivity index (χ0v) is 11.7. The van der Waals surface area contributed by atoms with Crippen molar-refractivity contribution in [1.29, 1.82) is 0 Å². The molecule has 2 aliphatic heterocycles. The van der Waals surface area contributed by atoms with E-state index in [1.807, 2.05) is 24.3 Å². The highest BCUT2D eigenvalue weighted by Gasteiger charge is 2.40. The van der Waals surface area contributed by atoms with Gasteiger partial charge in [0.2, 0.25) is 0 Å². The Hall–Kier alpha value is -2.08. The van der Waals surface area contributed by atoms with Crippen molar-refractivity contribution in [3.05, 3.63) is 29.8 Å². The van der Waals surface area contributed by atoms with Crippen LogP contribution in [0.1, 0.15) is 12.0 Å². The van der Waals surface area contributed by atoms with Crippen LogP contribution in [0.15, 0.2) is 24.3 Å². The average molecular weight is 290 g/mol. The molecule has 1 saturated heterocycles. The number of carboxylic acid groups (broad SMARTS) is 1. The zero-order valence-electron chi connectivity index (χ0n) is 11.7. The second-order valence-electron chi connectivity index (χ2n) is 5.29. The van der Waals surface area contributed by atoms with Crippen LogP contribution < -0.4 is 4.90 Å². The molecule has 1 aromatic rings. The molecule has 112 valence electrons. The molecule has 1 N–H and O–H groups in total. The van der Waals surface area contributed by atoms with E-state index in [2.05, 4.69) is 0 Å². The molecular weight excluding hydrogens is 272 g/mol. The van der Waals surface area contributed by atoms with Crippen LogP contribution in [0.2, 0.25) is 0 Å². The number of rotatable bonds is 1. The molecule has 21 heavy (non-hydrogen) atoms. The summed E-state index contributed by atoms with van der Waals surface area (Å²) in [5.41, 5.74) is 1.62. The van der Waals surface area contributed by atoms with Crippen LogP contribution in [0.3, 0.4) is 0 Å². The molecule has 0 saturated carbocycles. The van der Waals surface area contributed by atoms with E-state index < -0.39 is 12.0 Å². The first-order valence-electron chi connectivity index (χ1n) is 7.15. The molecule has 1 fully saturated rings. The smallest absolute Gasteiger partial charge is 0.327 e. The highest BCUT2D eigenvalue weighted by atomic mass is 16.5. The van der Waals surface area contributed by atoms with Gasteiger partial charge >= 0.3 is 12.0 Å². The first-order valence-corrected chi connectivity index (χ1v) is 7.15. The molecule has 1 atom stereocenters. The Bertz CT molecular complexity index is 552. The first-order chi connectivity index (χ1) is 10.2. The van der Waals surface area contributed by atoms with Gasteiger partial charge in [0.05, 0.1) is 6.61 Å². The van der Waals surface area contributed by atoms with E-state index in [9.17, 15) is 14.7 Å². The predicted octanol–water partition coefficient (Wildman–Crippen LogP) is 1.34. The summed E-state index contributed by atoms with van der Waals surface area (Å²) >= 11 is 0. The van der Waals surface area contributed by atoms with Crippen molar-refractivity contribution in [3.63, 3.8) is 0 Å². The van der Waals surface area contributed by atoms with Crippen molar-refractivity contribution in [2.75, 3.05) is 31.2 Å². The van der Waals surface area contributed by atoms with Gasteiger partial charge in [0.15, 0.2) is 0 Å². The number of fused-ring (bicyclic) bond motifs is 1. The first kappa shape index (κ1) is 13.9. The van der Waals surface area contributed by atoms with Crippen molar-refractivity contribution in [1.82, 2.24) is 4.90 Å². The number of benzene rings is 1. The van der Waals surface area contributed by atoms with Gasteiger partial charge in [-0.25, -0.2) is 9.59 Å². The molecule has 0 aromatic heterocycles. The Morgan fingerprint density at radius 2 is 2.00 bits per heavy atom. The summed E-state index contributed by atoms with van der Waals surface area (Å²) in [6, 6.07) is 6.33. The van der Waals surface area contributed by atoms with Crippen LogP contribution in [-0.2, 0) is 16.0 Å². The van der Waals surface area contributed by atoms with E-state index in [0.717, 1.165) is 12.0 Å². The maximum Gasteiger partial charge on any atom is 0.327 e. The quantitative estimate of drug-likeness (QED) is 0.847. The molecule has 1 aromatic carbocycles. The number of carboxylic acids is 1. The van der Waals surface area contributed by atoms with E-state index in [0.29, 0.717) is 38.4 Å². The molecule has 3 rings (SSSR count). The van der Waals surface area contributed by atoms with Gasteiger partial charge < -0.3 is 14.7 Å². The Balaban J connectivity index is 1.89. The molecule has 0 spiro atoms. The Morgan fingerprint density at radius 3 is 2.81 bits per heavy atom. The zero-order chi connectivity index (χ0) is 14.8. The molecule has 2 aliphatic rings. The second kappa shape index (κ2) is 5.73. The van der Waals surface area contributed by atoms with E-state index in [1.54, 1.807) is 4.90 Å². The average Bonchev–Trinajstić information content (AvgIpc) is 2.67. The monoisotopic (exact) mass is 290 g/mol. The van der Waals surface area contributed by atoms with Gasteiger partial charge in [-0.1, -0.05) is 18.2 Å². The third-order valence-electron chi connectivity index (χ3n) is 3.96. The standard InChI is InChI=1S/C15H18N2O4/c18-14(19)13-10-11-4-1-2-5-12(11)17(13)15(20)16-6-3-8-21-9-7-16/h1-2,4-5,13H,3,6-10H2,(H,18,19). The van der Waals surface area contributed by atoms with Crippen LogP contribution >= 0.6 is 0 Å². The van der Waals surface area contributed by atoms with Crippen molar-refractivity contribution < 1.29 is 19.4 Å². The van der Waals surface area contributed by atoms with E-state index >= 15 is 0 Å². The van der Waals surface area contributed by atoms with Gasteiger partial charge in [0.1, 0.15) is 6.04 Å². The summed E-state index contributed by atoms with van der Waals surface area (Å²) in [5.74, 6) is -0.967. The normalized spacial score (nSPS) is 21.8. The molecule has 0 bridgehead atoms. The number of carbonyl (C=O) groups is 2. The highest BCUT2D eigenvalue weighted by molar-refractivity contribution is 6.01. The third-order valence-corrected chi connectivity index (χ3v) is 3.96. The number of ether oxygens (including phenoxy) is 1. The molecular formula is C15H18N2O4. The van der Waals surface area contributed by atoms with Crippen LogP contribution in [0, 0.1) is 0 Å². The number of hydrogen-bond donors (Lipinski definition) is 1. The maximum absolute atomic E-state index is 12.8. The molecule has 1 unspecified atom stereocenters. The minimum Gasteiger partial charge on any atom is -0.480 e. The van der Waals surface area contributed by atoms with E-state index in [1.165, 1.54) is 4.90 Å². The molecule has 2 amide bonds. The van der Waals surface area contributed by atoms with Crippen LogP contribution in [0.4, 0.5) is 10.5 Å². The molecule has 6 heteroatoms. The van der Waals surface area contributed by atoms with Gasteiger partial charge in [-0.05, 0) is 18.1 Å². The lowest BCUT2D eigenvalue weighted by Crippen LogP contribution is -2.50. The summed E-state index contributed by atoms with van der Waals surface area (Å²) < 4.78 is 5.35. The van der Waals surface area contributed by atoms with Crippen molar-refractivity contribution in [2.45, 2.75) is 18.9 Å². The van der Waals surface area contributed by atoms with Gasteiger partial charge in [-0.2, -0.15) is 0 Å². The SMILES string of the molecule is O=C(O)C1Cc2ccccc2N1C(=O)N1CCCOCC1. The minimum absolute atomic E-state index is 0.238. The highest BCUT2D eigenvalue weighted by Crippen LogP contribution is 2.33. The number of aliphatic carboxylic acids is 1. The number of hydrogen-bond acceptors (Lipinski definition) is 3. The molecule has 0 radical (unpaired) electrons. The lowest BCUT2D eigenvalue weighted by atomic mass is 10.1. The fraction of sp³-hybridized carbons (Fsp3) is 0.467. The fourth-order valence-electron chi connectivity index (χ4n) is 2.91. The second-order valence-corrected chi connectivity index (χ2v) is 5.29. The number of para-hydroxylation sites is 1. The topological polar surface area (TPSA) is 70.1 Å². The Labute approximate surface area is 122 Å². The molecule has 2 heterocycles. The number of anilines is 1. The van der Waals surface area contributed by atoms with E-state index in [4.69, 9.17) is 4.74 Å². The number of urea groups is 1. The van der Waals surface area contributed by atoms with Crippen LogP contribution in [0.5, 0.6) is 0 Å². The number of nitrogens with zero attached hydrogens (tertiary/aromatic N) is 2. The molecule has 6 nitrogen and oxygen atoms in total. The van der Waals surface area contributed by atoms with Crippen molar-refractivity contribution in [2.24, 2.45) is 0 Å². The summed E-state index contributed by atoms with van der Waals surface area (Å²) in [5, 5.41) is 9.42.